The molecule has 107 heavy (non-hydrogen) atoms. The topological polar surface area (TPSA) is 555 Å². The van der Waals surface area contributed by atoms with Crippen LogP contribution in [0.15, 0.2) is 67.3 Å². The van der Waals surface area contributed by atoms with E-state index in [0.717, 1.165) is 0 Å². The second kappa shape index (κ2) is 46.0. The van der Waals surface area contributed by atoms with Crippen molar-refractivity contribution < 1.29 is 124 Å². The summed E-state index contributed by atoms with van der Waals surface area (Å²) in [5, 5.41) is 61.1. The summed E-state index contributed by atoms with van der Waals surface area (Å²) in [6, 6.07) is 3.24. The number of hydrogen-bond acceptors (Lipinski definition) is 24. The van der Waals surface area contributed by atoms with Crippen molar-refractivity contribution in [1.82, 2.24) is 82.4 Å². The predicted molar refractivity (Wildman–Crippen MR) is 380 cm³/mol. The predicted octanol–water partition coefficient (Wildman–Crippen LogP) is -7.75. The fourth-order valence-corrected chi connectivity index (χ4v) is 11.7. The van der Waals surface area contributed by atoms with Gasteiger partial charge in [-0.1, -0.05) is 45.9 Å². The summed E-state index contributed by atoms with van der Waals surface area (Å²) >= 11 is 1.45. The van der Waals surface area contributed by atoms with Crippen molar-refractivity contribution in [3.63, 3.8) is 0 Å². The first-order valence-corrected chi connectivity index (χ1v) is 35.8. The summed E-state index contributed by atoms with van der Waals surface area (Å²) in [4.78, 5) is 213. The number of benzene rings is 2. The number of primary amides is 2. The first-order valence-electron chi connectivity index (χ1n) is 34.4. The second-order valence-corrected chi connectivity index (χ2v) is 27.3. The van der Waals surface area contributed by atoms with Crippen LogP contribution in [-0.2, 0) is 80.0 Å². The molecule has 1 aliphatic rings. The molecular formula is C68H96LuN19O18S. The molecule has 592 valence electrons. The van der Waals surface area contributed by atoms with Crippen LogP contribution in [-0.4, -0.2) is 269 Å². The minimum atomic E-state index is -1.51. The third-order valence-electron chi connectivity index (χ3n) is 16.9. The molecule has 2 aromatic carbocycles. The van der Waals surface area contributed by atoms with Gasteiger partial charge in [-0.2, -0.15) is 11.8 Å². The van der Waals surface area contributed by atoms with Gasteiger partial charge in [0.1, 0.15) is 42.3 Å². The summed E-state index contributed by atoms with van der Waals surface area (Å²) in [5.74, 6) is -13.9. The van der Waals surface area contributed by atoms with E-state index in [0.29, 0.717) is 27.9 Å². The standard InChI is InChI=1S/C68H99N19O18S.Lu/c1-39(2)27-50(66(103)79-48(61(70)98)17-26-106-6)81-67(104)52(29-45-31-71-38-75-45)78-55(90)33-74-68(105)60(40(3)4)83-62(99)41(5)76-65(102)51(28-43-30-72-47-10-8-7-9-46(43)47)82-64(101)49(15-16-53(69)88)80-63(100)42-11-13-44(14-12-42)77-54(89)32-73-56(91)34-84-18-20-85(35-57(92)93)22-24-87(37-59(96)97)25-23-86(21-19-84)36-58(94)95;/h7-14,30-31,38-41,48-52,60,72H,15-29,32-37H2,1-6H3,(H2,69,88)(H2,70,98)(H,71,75)(H,73,91)(H,74,105)(H,76,102)(H,77,89)(H,78,90)(H,79,103)(H,80,100)(H,81,104)(H,82,101)(H,83,99)(H,92,93)(H,94,95)(H,96,97);/q;+3/p-3/t41-,48-,49-,50-,51-,52-,60-;/m0./s1/i;1+2. The second-order valence-electron chi connectivity index (χ2n) is 26.3. The minimum Gasteiger partial charge on any atom is -0.549 e. The van der Waals surface area contributed by atoms with Crippen molar-refractivity contribution in [2.75, 3.05) is 109 Å². The molecule has 12 amide bonds. The third kappa shape index (κ3) is 32.7. The molecule has 4 aromatic rings. The molecule has 0 aliphatic carbocycles. The van der Waals surface area contributed by atoms with Crippen LogP contribution in [0, 0.1) is 48.7 Å². The number of imidazole rings is 1. The molecular weight excluding hydrogens is 1580 g/mol. The number of fused-ring (bicyclic) bond motifs is 1. The van der Waals surface area contributed by atoms with Crippen LogP contribution < -0.4 is 80.0 Å². The van der Waals surface area contributed by atoms with Crippen LogP contribution in [0.4, 0.5) is 5.69 Å². The van der Waals surface area contributed by atoms with Gasteiger partial charge < -0.3 is 104 Å². The Kier molecular flexibility index (Phi) is 38.7. The van der Waals surface area contributed by atoms with Gasteiger partial charge in [-0.25, -0.2) is 4.98 Å². The van der Waals surface area contributed by atoms with E-state index >= 15 is 0 Å². The molecule has 3 heterocycles. The SMILES string of the molecule is CSCC[C@H](NC(=O)[C@H](CC(C)C)NC(=O)[C@H](Cc1cnc[nH]1)NC(=O)CNC(=O)[C@@H](NC(=O)[C@H](C)NC(=O)[C@H](Cc1c[nH]c2ccccc12)NC(=O)[C@H](CCC(N)=O)NC(=O)c1ccc(NC(=O)CNC(=O)CN2CCN(CC(=O)[O-])CCN(CC(=O)[O-])CCN(CC(=O)[O-])CC2)cc1)C(C)C)C(N)=O.[177Lu+3]. The van der Waals surface area contributed by atoms with Crippen LogP contribution in [0.5, 0.6) is 0 Å². The Balaban J connectivity index is 0.0000242. The number of anilines is 1. The maximum atomic E-state index is 14.4. The molecule has 0 saturated carbocycles. The summed E-state index contributed by atoms with van der Waals surface area (Å²) in [6.07, 6.45) is 5.57. The summed E-state index contributed by atoms with van der Waals surface area (Å²) in [5.41, 5.74) is 12.9. The largest absolute Gasteiger partial charge is 3.00 e. The van der Waals surface area contributed by atoms with E-state index in [2.05, 4.69) is 68.1 Å². The Morgan fingerprint density at radius 2 is 1.07 bits per heavy atom. The monoisotopic (exact) mass is 1680 g/mol. The number of H-pyrrole nitrogens is 2. The first kappa shape index (κ1) is 90.1. The van der Waals surface area contributed by atoms with Gasteiger partial charge in [0.2, 0.25) is 65.0 Å². The van der Waals surface area contributed by atoms with Crippen molar-refractivity contribution in [3.8, 4) is 0 Å². The number of carbonyl (C=O) groups excluding carboxylic acids is 15. The fraction of sp³-hybridized carbons (Fsp3) is 0.529. The van der Waals surface area contributed by atoms with E-state index in [4.69, 9.17) is 11.5 Å². The van der Waals surface area contributed by atoms with E-state index < -0.39 is 176 Å². The van der Waals surface area contributed by atoms with Crippen LogP contribution in [0.25, 0.3) is 10.9 Å². The number of carbonyl (C=O) groups is 15. The molecule has 39 heteroatoms. The number of rotatable bonds is 41. The van der Waals surface area contributed by atoms with Crippen molar-refractivity contribution in [2.45, 2.75) is 115 Å². The molecule has 37 nitrogen and oxygen atoms in total. The molecule has 2 aromatic heterocycles. The number of nitrogens with zero attached hydrogens (tertiary/aromatic N) is 5. The molecule has 0 bridgehead atoms. The molecule has 16 N–H and O–H groups in total. The summed E-state index contributed by atoms with van der Waals surface area (Å²) in [6.45, 7) is 5.97. The van der Waals surface area contributed by atoms with Crippen LogP contribution in [0.3, 0.4) is 0 Å². The number of carboxylic acid groups (broad SMARTS) is 3. The Morgan fingerprint density at radius 1 is 0.542 bits per heavy atom. The Labute approximate surface area is 651 Å². The quantitative estimate of drug-likeness (QED) is 0.0196. The zero-order chi connectivity index (χ0) is 78.2. The van der Waals surface area contributed by atoms with E-state index in [1.54, 1.807) is 49.2 Å². The normalized spacial score (nSPS) is 15.3. The van der Waals surface area contributed by atoms with Gasteiger partial charge in [0.15, 0.2) is 0 Å². The molecule has 1 saturated heterocycles. The number of aromatic nitrogens is 3. The van der Waals surface area contributed by atoms with Crippen molar-refractivity contribution in [1.29, 1.82) is 0 Å². The summed E-state index contributed by atoms with van der Waals surface area (Å²) in [7, 11) is 0. The van der Waals surface area contributed by atoms with E-state index in [1.165, 1.54) is 70.2 Å². The molecule has 0 unspecified atom stereocenters. The average molecular weight is 1680 g/mol. The van der Waals surface area contributed by atoms with Gasteiger partial charge in [0, 0.05) is 131 Å². The molecule has 1 fully saturated rings. The third-order valence-corrected chi connectivity index (χ3v) is 17.6. The van der Waals surface area contributed by atoms with Crippen LogP contribution >= 0.6 is 11.8 Å². The van der Waals surface area contributed by atoms with E-state index in [9.17, 15) is 87.2 Å². The number of para-hydroxylation sites is 1. The molecule has 0 spiro atoms. The number of hydrogen-bond donors (Lipinski definition) is 14. The minimum absolute atomic E-state index is 0. The fourth-order valence-electron chi connectivity index (χ4n) is 11.2. The van der Waals surface area contributed by atoms with Crippen LogP contribution in [0.1, 0.15) is 81.9 Å². The number of aromatic amines is 2. The molecule has 1 aliphatic heterocycles. The van der Waals surface area contributed by atoms with Gasteiger partial charge in [-0.3, -0.25) is 77.1 Å². The maximum absolute atomic E-state index is 14.4. The smallest absolute Gasteiger partial charge is 0.549 e. The Morgan fingerprint density at radius 3 is 1.60 bits per heavy atom. The van der Waals surface area contributed by atoms with Crippen molar-refractivity contribution in [2.24, 2.45) is 23.3 Å². The number of amides is 12. The molecule has 0 radical (unpaired) electrons. The zero-order valence-electron chi connectivity index (χ0n) is 60.3. The number of carboxylic acids is 3. The van der Waals surface area contributed by atoms with Crippen molar-refractivity contribution >= 4 is 117 Å². The molecule has 7 atom stereocenters. The van der Waals surface area contributed by atoms with Gasteiger partial charge >= 0.3 is 36.9 Å². The van der Waals surface area contributed by atoms with Crippen LogP contribution in [0.2, 0.25) is 0 Å². The zero-order valence-corrected chi connectivity index (χ0v) is 62.8. The average Bonchev–Trinajstić information content (AvgIpc) is 1.68. The van der Waals surface area contributed by atoms with E-state index in [1.807, 2.05) is 20.1 Å². The van der Waals surface area contributed by atoms with Gasteiger partial charge in [-0.15, -0.1) is 0 Å². The summed E-state index contributed by atoms with van der Waals surface area (Å²) < 4.78 is 0. The van der Waals surface area contributed by atoms with Gasteiger partial charge in [0.25, 0.3) is 5.91 Å². The number of aliphatic carboxylic acids is 3. The van der Waals surface area contributed by atoms with E-state index in [-0.39, 0.29) is 145 Å². The van der Waals surface area contributed by atoms with Crippen molar-refractivity contribution in [3.05, 3.63) is 84.1 Å². The maximum Gasteiger partial charge on any atom is 3.00 e. The first-order chi connectivity index (χ1) is 50.3. The number of nitrogens with two attached hydrogens (primary N) is 2. The van der Waals surface area contributed by atoms with Gasteiger partial charge in [0.05, 0.1) is 43.9 Å². The number of nitrogens with one attached hydrogen (secondary N) is 12. The number of thioether (sulfide) groups is 1. The molecule has 5 rings (SSSR count). The van der Waals surface area contributed by atoms with Gasteiger partial charge in [-0.05, 0) is 85.9 Å². The Hall–Kier alpha value is -9.34. The Bertz CT molecular complexity index is 3670.